The molecule has 0 aliphatic rings. The molecule has 0 aliphatic heterocycles. The molecule has 1 heterocycles. The Balaban J connectivity index is 1.96. The van der Waals surface area contributed by atoms with Crippen LogP contribution in [0, 0.1) is 17.1 Å². The van der Waals surface area contributed by atoms with E-state index in [1.807, 2.05) is 41.0 Å². The Kier molecular flexibility index (Phi) is 5.36. The number of esters is 1. The summed E-state index contributed by atoms with van der Waals surface area (Å²) in [6.07, 6.45) is 0. The largest absolute Gasteiger partial charge is 0.481 e. The molecule has 0 spiro atoms. The lowest BCUT2D eigenvalue weighted by Gasteiger charge is -2.10. The maximum atomic E-state index is 15.1. The molecule has 6 heteroatoms. The Labute approximate surface area is 172 Å². The maximum Gasteiger partial charge on any atom is 0.344 e. The van der Waals surface area contributed by atoms with Gasteiger partial charge in [0.25, 0.3) is 0 Å². The van der Waals surface area contributed by atoms with Crippen LogP contribution in [0.1, 0.15) is 18.1 Å². The van der Waals surface area contributed by atoms with Crippen molar-refractivity contribution in [1.29, 1.82) is 5.26 Å². The van der Waals surface area contributed by atoms with Crippen molar-refractivity contribution in [1.82, 2.24) is 4.57 Å². The molecule has 0 bridgehead atoms. The SMILES string of the molecule is CCOC(=O)COc1ccc(F)c2c1c1c(C#N)cccc1n2Cc1ccccc1. The van der Waals surface area contributed by atoms with Crippen LogP contribution in [-0.4, -0.2) is 23.8 Å². The zero-order chi connectivity index (χ0) is 21.1. The first-order chi connectivity index (χ1) is 14.6. The van der Waals surface area contributed by atoms with Crippen LogP contribution < -0.4 is 4.74 Å². The molecule has 4 aromatic rings. The average Bonchev–Trinajstić information content (AvgIpc) is 3.10. The van der Waals surface area contributed by atoms with Gasteiger partial charge >= 0.3 is 5.97 Å². The van der Waals surface area contributed by atoms with Gasteiger partial charge in [0.2, 0.25) is 0 Å². The molecule has 0 amide bonds. The minimum absolute atomic E-state index is 0.246. The van der Waals surface area contributed by atoms with E-state index in [2.05, 4.69) is 6.07 Å². The second-order valence-electron chi connectivity index (χ2n) is 6.75. The Bertz CT molecular complexity index is 1270. The first kappa shape index (κ1) is 19.5. The normalized spacial score (nSPS) is 10.8. The van der Waals surface area contributed by atoms with Gasteiger partial charge in [-0.3, -0.25) is 0 Å². The van der Waals surface area contributed by atoms with Gasteiger partial charge in [-0.25, -0.2) is 9.18 Å². The van der Waals surface area contributed by atoms with Gasteiger partial charge in [0.1, 0.15) is 11.6 Å². The standard InChI is InChI=1S/C24H19FN2O3/c1-2-29-21(28)15-30-20-12-11-18(25)24-23(20)22-17(13-26)9-6-10-19(22)27(24)14-16-7-4-3-5-8-16/h3-12H,2,14-15H2,1H3. The quantitative estimate of drug-likeness (QED) is 0.435. The highest BCUT2D eigenvalue weighted by Crippen LogP contribution is 2.39. The van der Waals surface area contributed by atoms with Crippen LogP contribution in [0.5, 0.6) is 5.75 Å². The fourth-order valence-electron chi connectivity index (χ4n) is 3.68. The first-order valence-corrected chi connectivity index (χ1v) is 9.60. The van der Waals surface area contributed by atoms with E-state index in [0.717, 1.165) is 11.1 Å². The lowest BCUT2D eigenvalue weighted by atomic mass is 10.1. The van der Waals surface area contributed by atoms with E-state index in [1.165, 1.54) is 12.1 Å². The van der Waals surface area contributed by atoms with Gasteiger partial charge in [-0.2, -0.15) is 5.26 Å². The predicted molar refractivity (Wildman–Crippen MR) is 112 cm³/mol. The number of nitrogens with zero attached hydrogens (tertiary/aromatic N) is 2. The topological polar surface area (TPSA) is 64.2 Å². The number of fused-ring (bicyclic) bond motifs is 3. The Hall–Kier alpha value is -3.85. The van der Waals surface area contributed by atoms with Crippen molar-refractivity contribution in [2.75, 3.05) is 13.2 Å². The van der Waals surface area contributed by atoms with Crippen molar-refractivity contribution in [2.45, 2.75) is 13.5 Å². The molecule has 0 N–H and O–H groups in total. The van der Waals surface area contributed by atoms with Crippen LogP contribution in [0.4, 0.5) is 4.39 Å². The molecule has 0 fully saturated rings. The van der Waals surface area contributed by atoms with Crippen molar-refractivity contribution in [3.8, 4) is 11.8 Å². The summed E-state index contributed by atoms with van der Waals surface area (Å²) >= 11 is 0. The summed E-state index contributed by atoms with van der Waals surface area (Å²) in [5.74, 6) is -0.605. The highest BCUT2D eigenvalue weighted by Gasteiger charge is 2.21. The zero-order valence-electron chi connectivity index (χ0n) is 16.4. The number of carbonyl (C=O) groups is 1. The van der Waals surface area contributed by atoms with Gasteiger partial charge in [-0.1, -0.05) is 36.4 Å². The fourth-order valence-corrected chi connectivity index (χ4v) is 3.68. The number of benzene rings is 3. The number of hydrogen-bond acceptors (Lipinski definition) is 4. The smallest absolute Gasteiger partial charge is 0.344 e. The molecule has 5 nitrogen and oxygen atoms in total. The highest BCUT2D eigenvalue weighted by atomic mass is 19.1. The van der Waals surface area contributed by atoms with Crippen LogP contribution in [0.3, 0.4) is 0 Å². The molecule has 0 unspecified atom stereocenters. The van der Waals surface area contributed by atoms with E-state index in [1.54, 1.807) is 19.1 Å². The third-order valence-electron chi connectivity index (χ3n) is 4.90. The molecule has 3 aromatic carbocycles. The molecular formula is C24H19FN2O3. The van der Waals surface area contributed by atoms with Gasteiger partial charge in [0.05, 0.1) is 34.7 Å². The number of hydrogen-bond donors (Lipinski definition) is 0. The molecular weight excluding hydrogens is 383 g/mol. The first-order valence-electron chi connectivity index (χ1n) is 9.60. The van der Waals surface area contributed by atoms with Crippen molar-refractivity contribution >= 4 is 27.8 Å². The van der Waals surface area contributed by atoms with Crippen molar-refractivity contribution < 1.29 is 18.7 Å². The molecule has 0 aliphatic carbocycles. The number of ether oxygens (including phenoxy) is 2. The lowest BCUT2D eigenvalue weighted by molar-refractivity contribution is -0.145. The van der Waals surface area contributed by atoms with E-state index in [4.69, 9.17) is 9.47 Å². The minimum Gasteiger partial charge on any atom is -0.481 e. The summed E-state index contributed by atoms with van der Waals surface area (Å²) in [6, 6.07) is 20.0. The van der Waals surface area contributed by atoms with Crippen LogP contribution in [0.15, 0.2) is 60.7 Å². The fraction of sp³-hybridized carbons (Fsp3) is 0.167. The van der Waals surface area contributed by atoms with E-state index >= 15 is 4.39 Å². The molecule has 0 saturated heterocycles. The van der Waals surface area contributed by atoms with Crippen LogP contribution in [0.2, 0.25) is 0 Å². The molecule has 0 radical (unpaired) electrons. The van der Waals surface area contributed by atoms with Crippen molar-refractivity contribution in [3.05, 3.63) is 77.6 Å². The number of nitriles is 1. The van der Waals surface area contributed by atoms with Crippen LogP contribution >= 0.6 is 0 Å². The Morgan fingerprint density at radius 1 is 1.07 bits per heavy atom. The van der Waals surface area contributed by atoms with E-state index in [9.17, 15) is 10.1 Å². The number of aromatic nitrogens is 1. The monoisotopic (exact) mass is 402 g/mol. The number of halogens is 1. The lowest BCUT2D eigenvalue weighted by Crippen LogP contribution is -2.14. The van der Waals surface area contributed by atoms with Crippen molar-refractivity contribution in [3.63, 3.8) is 0 Å². The van der Waals surface area contributed by atoms with Gasteiger partial charge in [-0.15, -0.1) is 0 Å². The van der Waals surface area contributed by atoms with Crippen LogP contribution in [0.25, 0.3) is 21.8 Å². The van der Waals surface area contributed by atoms with Gasteiger partial charge in [-0.05, 0) is 36.8 Å². The van der Waals surface area contributed by atoms with E-state index in [0.29, 0.717) is 34.1 Å². The summed E-state index contributed by atoms with van der Waals surface area (Å²) in [5, 5.41) is 10.8. The third-order valence-corrected chi connectivity index (χ3v) is 4.90. The average molecular weight is 402 g/mol. The van der Waals surface area contributed by atoms with Gasteiger partial charge < -0.3 is 14.0 Å². The second-order valence-corrected chi connectivity index (χ2v) is 6.75. The third kappa shape index (κ3) is 3.46. The summed E-state index contributed by atoms with van der Waals surface area (Å²) in [7, 11) is 0. The summed E-state index contributed by atoms with van der Waals surface area (Å²) < 4.78 is 27.5. The number of carbonyl (C=O) groups excluding carboxylic acids is 1. The molecule has 30 heavy (non-hydrogen) atoms. The zero-order valence-corrected chi connectivity index (χ0v) is 16.4. The molecule has 0 saturated carbocycles. The second kappa shape index (κ2) is 8.26. The summed E-state index contributed by atoms with van der Waals surface area (Å²) in [6.45, 7) is 2.09. The van der Waals surface area contributed by atoms with Crippen molar-refractivity contribution in [2.24, 2.45) is 0 Å². The molecule has 150 valence electrons. The Morgan fingerprint density at radius 2 is 1.87 bits per heavy atom. The molecule has 1 aromatic heterocycles. The summed E-state index contributed by atoms with van der Waals surface area (Å²) in [4.78, 5) is 11.8. The van der Waals surface area contributed by atoms with E-state index in [-0.39, 0.29) is 13.2 Å². The van der Waals surface area contributed by atoms with Gasteiger partial charge in [0.15, 0.2) is 6.61 Å². The highest BCUT2D eigenvalue weighted by molar-refractivity contribution is 6.13. The van der Waals surface area contributed by atoms with Gasteiger partial charge in [0, 0.05) is 11.9 Å². The number of rotatable bonds is 6. The predicted octanol–water partition coefficient (Wildman–Crippen LogP) is 4.80. The molecule has 0 atom stereocenters. The van der Waals surface area contributed by atoms with E-state index < -0.39 is 11.8 Å². The molecule has 4 rings (SSSR count). The minimum atomic E-state index is -0.511. The Morgan fingerprint density at radius 3 is 2.60 bits per heavy atom. The maximum absolute atomic E-state index is 15.1. The van der Waals surface area contributed by atoms with Crippen LogP contribution in [-0.2, 0) is 16.1 Å². The summed E-state index contributed by atoms with van der Waals surface area (Å²) in [5.41, 5.74) is 2.46.